The van der Waals surface area contributed by atoms with Gasteiger partial charge in [-0.05, 0) is 32.9 Å². The van der Waals surface area contributed by atoms with E-state index in [0.29, 0.717) is 0 Å². The Hall–Kier alpha value is -0.960. The molecule has 0 aliphatic carbocycles. The Labute approximate surface area is 101 Å². The molecule has 0 radical (unpaired) electrons. The Kier molecular flexibility index (Phi) is 4.42. The van der Waals surface area contributed by atoms with Gasteiger partial charge in [0.05, 0.1) is 0 Å². The molecule has 0 fully saturated rings. The van der Waals surface area contributed by atoms with Crippen LogP contribution in [0.1, 0.15) is 27.7 Å². The summed E-state index contributed by atoms with van der Waals surface area (Å²) in [5.41, 5.74) is -0.452. The van der Waals surface area contributed by atoms with Gasteiger partial charge in [-0.1, -0.05) is 18.2 Å². The average Bonchev–Trinajstić information content (AvgIpc) is 2.17. The first-order valence-corrected chi connectivity index (χ1v) is 6.21. The fraction of sp³-hybridized carbons (Fsp3) is 0.462. The molecule has 0 heterocycles. The van der Waals surface area contributed by atoms with Crippen LogP contribution in [0.4, 0.5) is 0 Å². The van der Waals surface area contributed by atoms with Crippen LogP contribution in [0.25, 0.3) is 0 Å². The van der Waals surface area contributed by atoms with Crippen LogP contribution in [0, 0.1) is 0 Å². The lowest BCUT2D eigenvalue weighted by molar-refractivity contribution is -0.153. The first-order chi connectivity index (χ1) is 7.42. The highest BCUT2D eigenvalue weighted by Gasteiger charge is 2.29. The molecule has 0 saturated carbocycles. The van der Waals surface area contributed by atoms with Crippen molar-refractivity contribution in [1.82, 2.24) is 0 Å². The second kappa shape index (κ2) is 5.39. The van der Waals surface area contributed by atoms with E-state index in [4.69, 9.17) is 4.74 Å². The molecule has 0 amide bonds. The maximum atomic E-state index is 11.0. The van der Waals surface area contributed by atoms with Crippen molar-refractivity contribution in [3.05, 3.63) is 30.3 Å². The standard InChI is InChI=1S/C13H18O2S/c1-10(13(3,4)15-11(2)14)16-12-8-6-5-7-9-12/h5-10H,1-4H3. The van der Waals surface area contributed by atoms with E-state index in [9.17, 15) is 4.79 Å². The number of rotatable bonds is 4. The van der Waals surface area contributed by atoms with Gasteiger partial charge in [-0.15, -0.1) is 11.8 Å². The van der Waals surface area contributed by atoms with Gasteiger partial charge in [0.2, 0.25) is 0 Å². The Morgan fingerprint density at radius 3 is 2.38 bits per heavy atom. The highest BCUT2D eigenvalue weighted by molar-refractivity contribution is 8.00. The quantitative estimate of drug-likeness (QED) is 0.593. The minimum atomic E-state index is -0.452. The zero-order valence-electron chi connectivity index (χ0n) is 10.2. The Bertz CT molecular complexity index is 346. The van der Waals surface area contributed by atoms with Gasteiger partial charge >= 0.3 is 5.97 Å². The van der Waals surface area contributed by atoms with Crippen molar-refractivity contribution in [2.45, 2.75) is 43.4 Å². The topological polar surface area (TPSA) is 26.3 Å². The van der Waals surface area contributed by atoms with Crippen molar-refractivity contribution in [2.24, 2.45) is 0 Å². The number of ether oxygens (including phenoxy) is 1. The molecule has 1 unspecified atom stereocenters. The number of esters is 1. The van der Waals surface area contributed by atoms with Crippen LogP contribution in [0.5, 0.6) is 0 Å². The monoisotopic (exact) mass is 238 g/mol. The second-order valence-electron chi connectivity index (χ2n) is 4.27. The van der Waals surface area contributed by atoms with Crippen molar-refractivity contribution in [3.63, 3.8) is 0 Å². The fourth-order valence-corrected chi connectivity index (χ4v) is 2.35. The summed E-state index contributed by atoms with van der Waals surface area (Å²) in [5.74, 6) is -0.231. The van der Waals surface area contributed by atoms with Crippen LogP contribution < -0.4 is 0 Å². The largest absolute Gasteiger partial charge is 0.459 e. The molecular formula is C13H18O2S. The first kappa shape index (κ1) is 13.1. The Balaban J connectivity index is 2.64. The number of thioether (sulfide) groups is 1. The van der Waals surface area contributed by atoms with Crippen molar-refractivity contribution >= 4 is 17.7 Å². The third kappa shape index (κ3) is 3.89. The van der Waals surface area contributed by atoms with Gasteiger partial charge in [0.1, 0.15) is 5.60 Å². The number of hydrogen-bond donors (Lipinski definition) is 0. The van der Waals surface area contributed by atoms with E-state index in [1.807, 2.05) is 32.0 Å². The molecule has 2 nitrogen and oxygen atoms in total. The molecule has 0 bridgehead atoms. The summed E-state index contributed by atoms with van der Waals surface area (Å²) < 4.78 is 5.31. The van der Waals surface area contributed by atoms with Crippen molar-refractivity contribution in [2.75, 3.05) is 0 Å². The highest BCUT2D eigenvalue weighted by atomic mass is 32.2. The zero-order valence-corrected chi connectivity index (χ0v) is 11.0. The molecule has 1 atom stereocenters. The van der Waals surface area contributed by atoms with E-state index in [1.165, 1.54) is 11.8 Å². The third-order valence-corrected chi connectivity index (χ3v) is 3.91. The minimum Gasteiger partial charge on any atom is -0.459 e. The molecule has 88 valence electrons. The zero-order chi connectivity index (χ0) is 12.2. The van der Waals surface area contributed by atoms with Gasteiger partial charge in [-0.3, -0.25) is 4.79 Å². The number of hydrogen-bond acceptors (Lipinski definition) is 3. The molecular weight excluding hydrogens is 220 g/mol. The number of carbonyl (C=O) groups is 1. The van der Waals surface area contributed by atoms with Gasteiger partial charge in [0.25, 0.3) is 0 Å². The minimum absolute atomic E-state index is 0.207. The molecule has 3 heteroatoms. The van der Waals surface area contributed by atoms with E-state index < -0.39 is 5.60 Å². The maximum Gasteiger partial charge on any atom is 0.303 e. The number of carbonyl (C=O) groups excluding carboxylic acids is 1. The Morgan fingerprint density at radius 1 is 1.31 bits per heavy atom. The van der Waals surface area contributed by atoms with E-state index >= 15 is 0 Å². The lowest BCUT2D eigenvalue weighted by atomic mass is 10.1. The molecule has 0 spiro atoms. The van der Waals surface area contributed by atoms with Crippen molar-refractivity contribution < 1.29 is 9.53 Å². The molecule has 16 heavy (non-hydrogen) atoms. The molecule has 0 N–H and O–H groups in total. The predicted molar refractivity (Wildman–Crippen MR) is 67.6 cm³/mol. The van der Waals surface area contributed by atoms with E-state index in [2.05, 4.69) is 19.1 Å². The predicted octanol–water partition coefficient (Wildman–Crippen LogP) is 3.51. The lowest BCUT2D eigenvalue weighted by Gasteiger charge is -2.30. The van der Waals surface area contributed by atoms with Crippen molar-refractivity contribution in [3.8, 4) is 0 Å². The van der Waals surface area contributed by atoms with Crippen LogP contribution in [0.2, 0.25) is 0 Å². The smallest absolute Gasteiger partial charge is 0.303 e. The molecule has 1 rings (SSSR count). The maximum absolute atomic E-state index is 11.0. The number of benzene rings is 1. The second-order valence-corrected chi connectivity index (χ2v) is 5.68. The van der Waals surface area contributed by atoms with E-state index in [-0.39, 0.29) is 11.2 Å². The summed E-state index contributed by atoms with van der Waals surface area (Å²) in [6, 6.07) is 10.1. The highest BCUT2D eigenvalue weighted by Crippen LogP contribution is 2.31. The lowest BCUT2D eigenvalue weighted by Crippen LogP contribution is -2.36. The van der Waals surface area contributed by atoms with Gasteiger partial charge < -0.3 is 4.74 Å². The molecule has 0 aromatic heterocycles. The molecule has 0 aliphatic heterocycles. The summed E-state index contributed by atoms with van der Waals surface area (Å²) in [6.07, 6.45) is 0. The summed E-state index contributed by atoms with van der Waals surface area (Å²) in [5, 5.41) is 0.207. The van der Waals surface area contributed by atoms with Crippen molar-refractivity contribution in [1.29, 1.82) is 0 Å². The fourth-order valence-electron chi connectivity index (χ4n) is 1.30. The summed E-state index contributed by atoms with van der Waals surface area (Å²) >= 11 is 1.72. The van der Waals surface area contributed by atoms with Crippen LogP contribution in [0.3, 0.4) is 0 Å². The van der Waals surface area contributed by atoms with Gasteiger partial charge in [0, 0.05) is 17.1 Å². The van der Waals surface area contributed by atoms with Crippen LogP contribution >= 0.6 is 11.8 Å². The normalized spacial score (nSPS) is 13.2. The van der Waals surface area contributed by atoms with Crippen LogP contribution in [-0.4, -0.2) is 16.8 Å². The summed E-state index contributed by atoms with van der Waals surface area (Å²) in [7, 11) is 0. The van der Waals surface area contributed by atoms with Gasteiger partial charge in [-0.2, -0.15) is 0 Å². The molecule has 1 aromatic carbocycles. The van der Waals surface area contributed by atoms with E-state index in [0.717, 1.165) is 0 Å². The summed E-state index contributed by atoms with van der Waals surface area (Å²) in [6.45, 7) is 7.40. The van der Waals surface area contributed by atoms with Gasteiger partial charge in [0.15, 0.2) is 0 Å². The van der Waals surface area contributed by atoms with E-state index in [1.54, 1.807) is 11.8 Å². The third-order valence-electron chi connectivity index (χ3n) is 2.44. The van der Waals surface area contributed by atoms with Crippen LogP contribution in [-0.2, 0) is 9.53 Å². The molecule has 0 aliphatic rings. The SMILES string of the molecule is CC(=O)OC(C)(C)C(C)Sc1ccccc1. The van der Waals surface area contributed by atoms with Gasteiger partial charge in [-0.25, -0.2) is 0 Å². The van der Waals surface area contributed by atoms with Crippen LogP contribution in [0.15, 0.2) is 35.2 Å². The molecule has 1 aromatic rings. The first-order valence-electron chi connectivity index (χ1n) is 5.33. The molecule has 0 saturated heterocycles. The average molecular weight is 238 g/mol. The Morgan fingerprint density at radius 2 is 1.88 bits per heavy atom. The summed E-state index contributed by atoms with van der Waals surface area (Å²) in [4.78, 5) is 12.2.